The summed E-state index contributed by atoms with van der Waals surface area (Å²) in [5.41, 5.74) is -1.08. The lowest BCUT2D eigenvalue weighted by atomic mass is 9.48. The van der Waals surface area contributed by atoms with Crippen LogP contribution in [0, 0.1) is 23.2 Å². The van der Waals surface area contributed by atoms with Crippen LogP contribution in [-0.4, -0.2) is 48.2 Å². The van der Waals surface area contributed by atoms with Gasteiger partial charge in [0.25, 0.3) is 10.1 Å². The van der Waals surface area contributed by atoms with Gasteiger partial charge < -0.3 is 9.84 Å². The highest BCUT2D eigenvalue weighted by atomic mass is 32.2. The Balaban J connectivity index is 1.78. The van der Waals surface area contributed by atoms with Gasteiger partial charge in [-0.25, -0.2) is 0 Å². The Kier molecular flexibility index (Phi) is 4.16. The molecule has 3 unspecified atom stereocenters. The van der Waals surface area contributed by atoms with E-state index in [9.17, 15) is 31.5 Å². The van der Waals surface area contributed by atoms with Gasteiger partial charge in [0.05, 0.1) is 11.5 Å². The summed E-state index contributed by atoms with van der Waals surface area (Å²) in [7, 11) is -4.95. The van der Waals surface area contributed by atoms with Crippen molar-refractivity contribution in [3.63, 3.8) is 0 Å². The van der Waals surface area contributed by atoms with E-state index in [0.717, 1.165) is 12.8 Å². The van der Waals surface area contributed by atoms with E-state index in [0.29, 0.717) is 6.42 Å². The molecule has 24 heavy (non-hydrogen) atoms. The highest BCUT2D eigenvalue weighted by molar-refractivity contribution is 7.85. The molecular weight excluding hydrogens is 353 g/mol. The fourth-order valence-electron chi connectivity index (χ4n) is 4.89. The largest absolute Gasteiger partial charge is 0.451 e. The van der Waals surface area contributed by atoms with E-state index in [2.05, 4.69) is 4.74 Å². The number of hydrogen-bond acceptors (Lipinski definition) is 5. The van der Waals surface area contributed by atoms with Gasteiger partial charge in [-0.05, 0) is 49.9 Å². The van der Waals surface area contributed by atoms with Crippen molar-refractivity contribution in [2.75, 3.05) is 5.75 Å². The molecule has 0 spiro atoms. The summed E-state index contributed by atoms with van der Waals surface area (Å²) in [6.07, 6.45) is -6.10. The zero-order valence-electron chi connectivity index (χ0n) is 12.7. The van der Waals surface area contributed by atoms with Gasteiger partial charge >= 0.3 is 12.1 Å². The molecule has 4 aliphatic carbocycles. The van der Waals surface area contributed by atoms with E-state index in [1.807, 2.05) is 0 Å². The van der Waals surface area contributed by atoms with Gasteiger partial charge in [-0.15, -0.1) is 0 Å². The lowest BCUT2D eigenvalue weighted by Crippen LogP contribution is -2.57. The number of ether oxygens (including phenoxy) is 1. The molecule has 138 valence electrons. The molecule has 10 heteroatoms. The third-order valence-electron chi connectivity index (χ3n) is 5.63. The lowest BCUT2D eigenvalue weighted by molar-refractivity contribution is -0.230. The molecule has 6 nitrogen and oxygen atoms in total. The Morgan fingerprint density at radius 2 is 1.75 bits per heavy atom. The Morgan fingerprint density at radius 1 is 1.21 bits per heavy atom. The van der Waals surface area contributed by atoms with Crippen molar-refractivity contribution in [2.24, 2.45) is 23.2 Å². The lowest BCUT2D eigenvalue weighted by Gasteiger charge is -2.57. The molecule has 4 fully saturated rings. The van der Waals surface area contributed by atoms with Crippen molar-refractivity contribution in [1.29, 1.82) is 0 Å². The third-order valence-corrected chi connectivity index (χ3v) is 6.36. The number of hydrogen-bond donors (Lipinski definition) is 2. The van der Waals surface area contributed by atoms with Crippen LogP contribution in [-0.2, 0) is 19.6 Å². The number of halogens is 3. The topological polar surface area (TPSA) is 101 Å². The van der Waals surface area contributed by atoms with E-state index in [4.69, 9.17) is 4.55 Å². The first kappa shape index (κ1) is 17.9. The predicted molar refractivity (Wildman–Crippen MR) is 74.3 cm³/mol. The third kappa shape index (κ3) is 3.28. The van der Waals surface area contributed by atoms with Gasteiger partial charge in [-0.2, -0.15) is 21.6 Å². The van der Waals surface area contributed by atoms with E-state index in [-0.39, 0.29) is 30.6 Å². The van der Waals surface area contributed by atoms with Crippen LogP contribution in [0.1, 0.15) is 32.1 Å². The fourth-order valence-corrected chi connectivity index (χ4v) is 5.53. The van der Waals surface area contributed by atoms with Crippen molar-refractivity contribution in [3.8, 4) is 0 Å². The van der Waals surface area contributed by atoms with Crippen LogP contribution in [0.4, 0.5) is 13.2 Å². The number of aliphatic hydroxyl groups excluding tert-OH is 1. The van der Waals surface area contributed by atoms with Gasteiger partial charge in [0.15, 0.2) is 0 Å². The summed E-state index contributed by atoms with van der Waals surface area (Å²) in [5, 5.41) is 10.1. The summed E-state index contributed by atoms with van der Waals surface area (Å²) in [6, 6.07) is 0. The highest BCUT2D eigenvalue weighted by Crippen LogP contribution is 2.60. The smallest absolute Gasteiger partial charge is 0.426 e. The summed E-state index contributed by atoms with van der Waals surface area (Å²) in [5.74, 6) is -2.87. The van der Waals surface area contributed by atoms with Gasteiger partial charge in [-0.1, -0.05) is 0 Å². The number of rotatable bonds is 4. The Labute approximate surface area is 137 Å². The van der Waals surface area contributed by atoms with Gasteiger partial charge in [-0.3, -0.25) is 9.35 Å². The molecule has 3 atom stereocenters. The second kappa shape index (κ2) is 5.57. The standard InChI is InChI=1S/C14H19F3O6S/c15-14(16,17)10(6-24(20,21)22)23-12(19)13-3-7-1-8(4-13)11(18)9(2-7)5-13/h7-11,18H,1-6H2,(H,20,21,22). The molecule has 4 bridgehead atoms. The van der Waals surface area contributed by atoms with Crippen LogP contribution in [0.2, 0.25) is 0 Å². The maximum atomic E-state index is 13.0. The maximum Gasteiger partial charge on any atom is 0.426 e. The van der Waals surface area contributed by atoms with E-state index < -0.39 is 45.6 Å². The summed E-state index contributed by atoms with van der Waals surface area (Å²) in [6.45, 7) is 0. The Morgan fingerprint density at radius 3 is 2.21 bits per heavy atom. The average molecular weight is 372 g/mol. The monoisotopic (exact) mass is 372 g/mol. The number of alkyl halides is 3. The minimum absolute atomic E-state index is 0.130. The minimum Gasteiger partial charge on any atom is -0.451 e. The van der Waals surface area contributed by atoms with Crippen molar-refractivity contribution in [2.45, 2.75) is 50.5 Å². The molecule has 2 N–H and O–H groups in total. The number of aliphatic hydroxyl groups is 1. The van der Waals surface area contributed by atoms with Crippen LogP contribution >= 0.6 is 0 Å². The molecule has 0 radical (unpaired) electrons. The fraction of sp³-hybridized carbons (Fsp3) is 0.929. The van der Waals surface area contributed by atoms with Crippen molar-refractivity contribution in [1.82, 2.24) is 0 Å². The highest BCUT2D eigenvalue weighted by Gasteiger charge is 2.60. The summed E-state index contributed by atoms with van der Waals surface area (Å²) in [4.78, 5) is 12.5. The second-order valence-electron chi connectivity index (χ2n) is 7.43. The molecule has 0 aliphatic heterocycles. The van der Waals surface area contributed by atoms with Gasteiger partial charge in [0, 0.05) is 0 Å². The molecule has 4 rings (SSSR count). The average Bonchev–Trinajstić information content (AvgIpc) is 2.40. The van der Waals surface area contributed by atoms with Crippen molar-refractivity contribution >= 4 is 16.1 Å². The van der Waals surface area contributed by atoms with E-state index in [1.165, 1.54) is 0 Å². The minimum atomic E-state index is -5.09. The zero-order chi connectivity index (χ0) is 17.9. The van der Waals surface area contributed by atoms with Crippen LogP contribution in [0.5, 0.6) is 0 Å². The van der Waals surface area contributed by atoms with Gasteiger partial charge in [0.1, 0.15) is 5.75 Å². The molecule has 0 saturated heterocycles. The van der Waals surface area contributed by atoms with Crippen LogP contribution in [0.25, 0.3) is 0 Å². The first-order valence-corrected chi connectivity index (χ1v) is 9.41. The van der Waals surface area contributed by atoms with Crippen LogP contribution < -0.4 is 0 Å². The summed E-state index contributed by atoms with van der Waals surface area (Å²) < 4.78 is 73.6. The van der Waals surface area contributed by atoms with Crippen molar-refractivity contribution < 1.29 is 40.8 Å². The SMILES string of the molecule is O=C(OC(CS(=O)(=O)O)C(F)(F)F)C12CC3CC(C1)C(O)C(C3)C2. The molecule has 0 amide bonds. The number of esters is 1. The van der Waals surface area contributed by atoms with Crippen molar-refractivity contribution in [3.05, 3.63) is 0 Å². The number of carbonyl (C=O) groups excluding carboxylic acids is 1. The van der Waals surface area contributed by atoms with Crippen LogP contribution in [0.3, 0.4) is 0 Å². The first-order valence-electron chi connectivity index (χ1n) is 7.81. The number of carbonyl (C=O) groups is 1. The molecule has 0 aromatic heterocycles. The maximum absolute atomic E-state index is 13.0. The van der Waals surface area contributed by atoms with Gasteiger partial charge in [0.2, 0.25) is 6.10 Å². The molecular formula is C14H19F3O6S. The first-order chi connectivity index (χ1) is 10.9. The molecule has 0 aromatic carbocycles. The van der Waals surface area contributed by atoms with E-state index in [1.54, 1.807) is 0 Å². The predicted octanol–water partition coefficient (Wildman–Crippen LogP) is 1.54. The summed E-state index contributed by atoms with van der Waals surface area (Å²) >= 11 is 0. The Bertz CT molecular complexity index is 615. The van der Waals surface area contributed by atoms with E-state index >= 15 is 0 Å². The normalized spacial score (nSPS) is 39.7. The molecule has 4 saturated carbocycles. The Hall–Kier alpha value is -0.870. The molecule has 0 heterocycles. The molecule has 0 aromatic rings. The quantitative estimate of drug-likeness (QED) is 0.573. The van der Waals surface area contributed by atoms with Crippen LogP contribution in [0.15, 0.2) is 0 Å². The molecule has 4 aliphatic rings. The second-order valence-corrected chi connectivity index (χ2v) is 8.92. The zero-order valence-corrected chi connectivity index (χ0v) is 13.5.